The van der Waals surface area contributed by atoms with Crippen LogP contribution in [0.2, 0.25) is 0 Å². The predicted octanol–water partition coefficient (Wildman–Crippen LogP) is 9.98. The van der Waals surface area contributed by atoms with Crippen molar-refractivity contribution < 1.29 is 29.3 Å². The molecule has 3 N–H and O–H groups in total. The van der Waals surface area contributed by atoms with Crippen molar-refractivity contribution in [1.82, 2.24) is 9.55 Å². The molecule has 12 atom stereocenters. The number of aliphatic hydroxyl groups excluding tert-OH is 2. The fraction of sp³-hybridized carbons (Fsp3) is 0.684. The normalized spacial score (nSPS) is 38.8. The number of fused-ring (bicyclic) bond motifs is 7. The number of Topliss-reactive ketones (excluding diaryl/α,β-unsaturated/α-hetero) is 2. The molecular weight excluding hydrogens is 809 g/mol. The second-order valence-corrected chi connectivity index (χ2v) is 24.1. The van der Waals surface area contributed by atoms with Crippen LogP contribution in [0.4, 0.5) is 0 Å². The molecule has 8 heteroatoms. The van der Waals surface area contributed by atoms with E-state index in [9.17, 15) is 10.2 Å². The maximum absolute atomic E-state index is 15.1. The Bertz CT molecular complexity index is 2540. The largest absolute Gasteiger partial charge is 0.392 e. The van der Waals surface area contributed by atoms with Crippen LogP contribution in [0, 0.1) is 75.9 Å². The standard InChI is InChI=1S/C57H74N2O6/c1-32-24-34(27-36(25-32)35-18-22-64-23-19-35)28-39-41-15-11-14-38-29-46(62)56(7,37-12-9-10-13-37)45-16-20-54(5)51(57(38,45)8)50(63)40(31-59(41)42-17-21-58-49(39)42)48-47(44(61)30-55(48,54)6)33(2)26-43(60)52-53(3,4)65-52/h17,21,24-25,27,33,35,37-38,40,43,45,50-52,58,60,63H,9-10,12-13,15-16,18-20,22-23,26,28-31H2,1-8H3/t33-,38+,40+,43-,45+,50-,51+,52-,54+,55+,56+,57-/m1/s1. The first kappa shape index (κ1) is 44.1. The molecule has 8 aliphatic rings. The zero-order valence-electron chi connectivity index (χ0n) is 40.4. The highest BCUT2D eigenvalue weighted by atomic mass is 16.6. The minimum atomic E-state index is -0.769. The third kappa shape index (κ3) is 6.36. The summed E-state index contributed by atoms with van der Waals surface area (Å²) in [6, 6.07) is 9.30. The van der Waals surface area contributed by atoms with Gasteiger partial charge in [-0.15, -0.1) is 0 Å². The first-order chi connectivity index (χ1) is 30.9. The molecule has 2 saturated heterocycles. The third-order valence-electron chi connectivity index (χ3n) is 20.4. The van der Waals surface area contributed by atoms with Crippen molar-refractivity contribution >= 4 is 22.6 Å². The van der Waals surface area contributed by atoms with Crippen LogP contribution in [0.25, 0.3) is 11.0 Å². The Morgan fingerprint density at radius 2 is 1.74 bits per heavy atom. The zero-order chi connectivity index (χ0) is 45.6. The third-order valence-corrected chi connectivity index (χ3v) is 20.4. The van der Waals surface area contributed by atoms with Crippen molar-refractivity contribution in [2.45, 2.75) is 175 Å². The van der Waals surface area contributed by atoms with Gasteiger partial charge in [0.15, 0.2) is 5.78 Å². The summed E-state index contributed by atoms with van der Waals surface area (Å²) in [6.45, 7) is 20.0. The number of hydrogen-bond donors (Lipinski definition) is 3. The van der Waals surface area contributed by atoms with Gasteiger partial charge in [0.05, 0.1) is 28.8 Å². The minimum Gasteiger partial charge on any atom is -0.392 e. The lowest BCUT2D eigenvalue weighted by molar-refractivity contribution is -0.236. The number of aromatic nitrogens is 2. The van der Waals surface area contributed by atoms with Gasteiger partial charge in [0.1, 0.15) is 11.9 Å². The first-order valence-corrected chi connectivity index (χ1v) is 25.6. The van der Waals surface area contributed by atoms with Gasteiger partial charge in [-0.1, -0.05) is 83.1 Å². The molecule has 2 aromatic heterocycles. The Balaban J connectivity index is 1.10. The van der Waals surface area contributed by atoms with Gasteiger partial charge in [-0.3, -0.25) is 9.59 Å². The highest BCUT2D eigenvalue weighted by molar-refractivity contribution is 6.01. The lowest BCUT2D eigenvalue weighted by atomic mass is 9.32. The number of nitrogens with one attached hydrogen (secondary N) is 1. The molecule has 0 spiro atoms. The molecule has 3 aromatic rings. The number of carbonyl (C=O) groups excluding carboxylic acids is 2. The number of aromatic amines is 1. The maximum atomic E-state index is 15.1. The maximum Gasteiger partial charge on any atom is 0.160 e. The summed E-state index contributed by atoms with van der Waals surface area (Å²) in [5.74, 6) is 8.22. The van der Waals surface area contributed by atoms with Gasteiger partial charge in [0, 0.05) is 85.6 Å². The summed E-state index contributed by atoms with van der Waals surface area (Å²) >= 11 is 0. The molecule has 0 radical (unpaired) electrons. The van der Waals surface area contributed by atoms with E-state index in [2.05, 4.69) is 87.2 Å². The molecule has 11 rings (SSSR count). The fourth-order valence-corrected chi connectivity index (χ4v) is 17.1. The van der Waals surface area contributed by atoms with Gasteiger partial charge in [-0.25, -0.2) is 0 Å². The van der Waals surface area contributed by atoms with E-state index in [0.29, 0.717) is 49.8 Å². The SMILES string of the molecule is Cc1cc(Cc2c3n(c4cc[nH]c24)C[C@H]2C4=C([C@H](C)C[C@@H](O)[C@H]5OC5(C)C)C(=O)C[C@]4(C)[C@@]4(C)CC[C@@H]5[C@](C)([C@H]4[C@@H]2O)[C@@H](C#CC3)CC(=O)[C@@]5(C)C2CCCC2)cc(C2CCOCC2)c1. The molecule has 0 unspecified atom stereocenters. The summed E-state index contributed by atoms with van der Waals surface area (Å²) in [5, 5.41) is 25.5. The number of aryl methyl sites for hydroxylation is 1. The Morgan fingerprint density at radius 1 is 1.00 bits per heavy atom. The van der Waals surface area contributed by atoms with Crippen LogP contribution in [0.5, 0.6) is 0 Å². The molecule has 5 heterocycles. The van der Waals surface area contributed by atoms with Crippen LogP contribution in [0.15, 0.2) is 41.6 Å². The smallest absolute Gasteiger partial charge is 0.160 e. The van der Waals surface area contributed by atoms with Crippen molar-refractivity contribution in [3.63, 3.8) is 0 Å². The van der Waals surface area contributed by atoms with Crippen LogP contribution in [0.3, 0.4) is 0 Å². The van der Waals surface area contributed by atoms with Crippen molar-refractivity contribution in [2.75, 3.05) is 13.2 Å². The number of allylic oxidation sites excluding steroid dienone is 1. The van der Waals surface area contributed by atoms with E-state index in [1.807, 2.05) is 20.0 Å². The van der Waals surface area contributed by atoms with E-state index in [4.69, 9.17) is 9.47 Å². The number of carbonyl (C=O) groups is 2. The van der Waals surface area contributed by atoms with E-state index in [-0.39, 0.29) is 47.1 Å². The van der Waals surface area contributed by atoms with Gasteiger partial charge in [-0.05, 0) is 134 Å². The summed E-state index contributed by atoms with van der Waals surface area (Å²) in [4.78, 5) is 33.8. The molecule has 1 aromatic carbocycles. The lowest BCUT2D eigenvalue weighted by Crippen LogP contribution is -2.70. The summed E-state index contributed by atoms with van der Waals surface area (Å²) in [7, 11) is 0. The number of rotatable bonds is 8. The number of ketones is 2. The Morgan fingerprint density at radius 3 is 2.46 bits per heavy atom. The van der Waals surface area contributed by atoms with Crippen LogP contribution < -0.4 is 0 Å². The van der Waals surface area contributed by atoms with Gasteiger partial charge >= 0.3 is 0 Å². The number of aliphatic hydroxyl groups is 2. The number of epoxide rings is 1. The number of hydrogen-bond acceptors (Lipinski definition) is 6. The molecule has 5 aliphatic carbocycles. The molecule has 4 saturated carbocycles. The summed E-state index contributed by atoms with van der Waals surface area (Å²) in [5.41, 5.74) is 8.25. The molecule has 8 nitrogen and oxygen atoms in total. The second-order valence-electron chi connectivity index (χ2n) is 24.1. The molecular formula is C57H74N2O6. The van der Waals surface area contributed by atoms with Gasteiger partial charge in [-0.2, -0.15) is 0 Å². The van der Waals surface area contributed by atoms with Gasteiger partial charge in [0.25, 0.3) is 0 Å². The van der Waals surface area contributed by atoms with Gasteiger partial charge in [0.2, 0.25) is 0 Å². The summed E-state index contributed by atoms with van der Waals surface area (Å²) in [6.07, 6.45) is 11.2. The average molecular weight is 883 g/mol. The van der Waals surface area contributed by atoms with Crippen LogP contribution in [-0.4, -0.2) is 68.5 Å². The topological polar surface area (TPSA) is 117 Å². The van der Waals surface area contributed by atoms with Gasteiger partial charge < -0.3 is 29.2 Å². The Kier molecular flexibility index (Phi) is 10.3. The predicted molar refractivity (Wildman–Crippen MR) is 253 cm³/mol. The van der Waals surface area contributed by atoms with E-state index in [1.165, 1.54) is 35.1 Å². The van der Waals surface area contributed by atoms with Crippen molar-refractivity contribution in [1.29, 1.82) is 0 Å². The number of nitrogens with zero attached hydrogens (tertiary/aromatic N) is 1. The second kappa shape index (κ2) is 15.3. The number of benzene rings is 1. The van der Waals surface area contributed by atoms with E-state index in [0.717, 1.165) is 86.0 Å². The van der Waals surface area contributed by atoms with Crippen molar-refractivity contribution in [2.24, 2.45) is 57.2 Å². The van der Waals surface area contributed by atoms with Crippen LogP contribution in [-0.2, 0) is 38.4 Å². The van der Waals surface area contributed by atoms with E-state index >= 15 is 9.59 Å². The first-order valence-electron chi connectivity index (χ1n) is 25.6. The highest BCUT2D eigenvalue weighted by Crippen LogP contribution is 2.77. The zero-order valence-corrected chi connectivity index (χ0v) is 40.4. The fourth-order valence-electron chi connectivity index (χ4n) is 17.1. The number of H-pyrrole nitrogens is 1. The van der Waals surface area contributed by atoms with Crippen molar-refractivity contribution in [3.8, 4) is 11.8 Å². The average Bonchev–Trinajstić information content (AvgIpc) is 3.81. The lowest BCUT2D eigenvalue weighted by Gasteiger charge is -2.71. The Labute approximate surface area is 387 Å². The summed E-state index contributed by atoms with van der Waals surface area (Å²) < 4.78 is 14.1. The van der Waals surface area contributed by atoms with Crippen molar-refractivity contribution in [3.05, 3.63) is 69.6 Å². The molecule has 348 valence electrons. The molecule has 6 fully saturated rings. The highest BCUT2D eigenvalue weighted by Gasteiger charge is 2.75. The molecule has 2 bridgehead atoms. The van der Waals surface area contributed by atoms with Crippen LogP contribution in [0.1, 0.15) is 153 Å². The monoisotopic (exact) mass is 883 g/mol. The molecule has 3 aliphatic heterocycles. The minimum absolute atomic E-state index is 0.0894. The molecule has 0 amide bonds. The molecule has 65 heavy (non-hydrogen) atoms. The van der Waals surface area contributed by atoms with E-state index in [1.54, 1.807) is 0 Å². The number of ether oxygens (including phenoxy) is 2. The van der Waals surface area contributed by atoms with E-state index < -0.39 is 33.9 Å². The Hall–Kier alpha value is -3.48. The van der Waals surface area contributed by atoms with Crippen LogP contribution >= 0.6 is 0 Å². The quantitative estimate of drug-likeness (QED) is 0.153.